The Labute approximate surface area is 266 Å². The fourth-order valence-electron chi connectivity index (χ4n) is 6.38. The summed E-state index contributed by atoms with van der Waals surface area (Å²) in [6.07, 6.45) is 4.00. The fourth-order valence-corrected chi connectivity index (χ4v) is 6.38. The number of likely N-dealkylation sites (tertiary alicyclic amines) is 1. The molecule has 0 aliphatic carbocycles. The van der Waals surface area contributed by atoms with Crippen molar-refractivity contribution in [1.29, 1.82) is 0 Å². The van der Waals surface area contributed by atoms with Crippen LogP contribution in [0.5, 0.6) is 0 Å². The Kier molecular flexibility index (Phi) is 12.0. The number of aliphatic hydroxyl groups excluding tert-OH is 1. The quantitative estimate of drug-likeness (QED) is 0.285. The molecule has 3 N–H and O–H groups in total. The number of nitrogens with one attached hydrogen (secondary N) is 2. The van der Waals surface area contributed by atoms with Crippen molar-refractivity contribution < 1.29 is 33.6 Å². The highest BCUT2D eigenvalue weighted by atomic mass is 16.7. The number of piperidine rings is 1. The van der Waals surface area contributed by atoms with Crippen LogP contribution >= 0.6 is 0 Å². The van der Waals surface area contributed by atoms with Gasteiger partial charge in [-0.2, -0.15) is 0 Å². The lowest BCUT2D eigenvalue weighted by atomic mass is 9.89. The summed E-state index contributed by atoms with van der Waals surface area (Å²) in [5.74, 6) is -0.298. The van der Waals surface area contributed by atoms with Gasteiger partial charge in [-0.25, -0.2) is 0 Å². The number of aliphatic hydroxyl groups is 1. The molecule has 0 aromatic heterocycles. The average molecular weight is 624 g/mol. The van der Waals surface area contributed by atoms with E-state index in [2.05, 4.69) is 22.5 Å². The third-order valence-corrected chi connectivity index (χ3v) is 9.19. The zero-order valence-electron chi connectivity index (χ0n) is 26.7. The van der Waals surface area contributed by atoms with E-state index >= 15 is 0 Å². The van der Waals surface area contributed by atoms with Crippen LogP contribution in [0, 0.1) is 5.92 Å². The molecule has 1 spiro atoms. The summed E-state index contributed by atoms with van der Waals surface area (Å²) >= 11 is 0. The molecule has 5 rings (SSSR count). The van der Waals surface area contributed by atoms with Crippen molar-refractivity contribution in [2.75, 3.05) is 39.4 Å². The van der Waals surface area contributed by atoms with Crippen LogP contribution in [-0.4, -0.2) is 73.1 Å². The van der Waals surface area contributed by atoms with Gasteiger partial charge in [-0.15, -0.1) is 0 Å². The van der Waals surface area contributed by atoms with E-state index in [0.29, 0.717) is 32.7 Å². The van der Waals surface area contributed by atoms with Crippen molar-refractivity contribution in [2.24, 2.45) is 5.92 Å². The third kappa shape index (κ3) is 9.34. The Morgan fingerprint density at radius 1 is 0.889 bits per heavy atom. The number of hydrogen-bond acceptors (Lipinski definition) is 8. The Bertz CT molecular complexity index is 1220. The highest BCUT2D eigenvalue weighted by molar-refractivity contribution is 5.75. The summed E-state index contributed by atoms with van der Waals surface area (Å²) in [7, 11) is 0. The Morgan fingerprint density at radius 3 is 2.22 bits per heavy atom. The molecule has 3 fully saturated rings. The molecule has 0 radical (unpaired) electrons. The van der Waals surface area contributed by atoms with E-state index in [-0.39, 0.29) is 36.5 Å². The maximum Gasteiger partial charge on any atom is 0.220 e. The molecule has 10 heteroatoms. The van der Waals surface area contributed by atoms with Gasteiger partial charge in [0.1, 0.15) is 0 Å². The number of unbranched alkanes of at least 4 members (excludes halogenated alkanes) is 2. The van der Waals surface area contributed by atoms with Gasteiger partial charge in [-0.05, 0) is 29.5 Å². The zero-order chi connectivity index (χ0) is 31.6. The highest BCUT2D eigenvalue weighted by Gasteiger charge is 2.43. The van der Waals surface area contributed by atoms with E-state index in [9.17, 15) is 14.7 Å². The number of hydrogen-bond donors (Lipinski definition) is 3. The summed E-state index contributed by atoms with van der Waals surface area (Å²) in [6.45, 7) is 8.74. The topological polar surface area (TPSA) is 119 Å². The Hall–Kier alpha value is -2.86. The van der Waals surface area contributed by atoms with Crippen LogP contribution in [-0.2, 0) is 41.7 Å². The first-order valence-corrected chi connectivity index (χ1v) is 16.4. The minimum absolute atomic E-state index is 0.00629. The maximum atomic E-state index is 12.3. The maximum absolute atomic E-state index is 12.3. The van der Waals surface area contributed by atoms with Gasteiger partial charge < -0.3 is 39.6 Å². The number of nitrogens with zero attached hydrogens (tertiary/aromatic N) is 1. The van der Waals surface area contributed by atoms with E-state index < -0.39 is 12.1 Å². The largest absolute Gasteiger partial charge is 0.392 e. The van der Waals surface area contributed by atoms with Crippen LogP contribution in [0.1, 0.15) is 87.0 Å². The summed E-state index contributed by atoms with van der Waals surface area (Å²) in [4.78, 5) is 25.7. The van der Waals surface area contributed by atoms with Gasteiger partial charge >= 0.3 is 0 Å². The van der Waals surface area contributed by atoms with Gasteiger partial charge in [0.15, 0.2) is 12.1 Å². The smallest absolute Gasteiger partial charge is 0.220 e. The second kappa shape index (κ2) is 16.1. The standard InChI is InChI=1S/C35H49N3O7/c1-25-31(23-38-18-15-35(16-19-38)42-20-21-43-35)44-34(45-33(25)29-11-9-28(24-39)10-12-29)30-13-7-27(8-14-30)22-37-32(41)6-4-3-5-17-36-26(2)40/h7-14,25,31,33-34,39H,3-6,15-24H2,1-2H3,(H,36,40)(H,37,41)/t25-,31+,33+,34+/m1/s1. The molecular weight excluding hydrogens is 574 g/mol. The molecule has 10 nitrogen and oxygen atoms in total. The van der Waals surface area contributed by atoms with E-state index in [0.717, 1.165) is 74.0 Å². The van der Waals surface area contributed by atoms with Crippen LogP contribution in [0.15, 0.2) is 48.5 Å². The summed E-state index contributed by atoms with van der Waals surface area (Å²) in [5, 5.41) is 15.3. The molecule has 2 aromatic carbocycles. The molecule has 0 saturated carbocycles. The molecule has 4 atom stereocenters. The normalized spacial score (nSPS) is 24.9. The minimum Gasteiger partial charge on any atom is -0.392 e. The molecular formula is C35H49N3O7. The number of carbonyl (C=O) groups is 2. The average Bonchev–Trinajstić information content (AvgIpc) is 3.52. The lowest BCUT2D eigenvalue weighted by molar-refractivity contribution is -0.278. The van der Waals surface area contributed by atoms with Crippen molar-refractivity contribution >= 4 is 11.8 Å². The minimum atomic E-state index is -0.535. The van der Waals surface area contributed by atoms with Gasteiger partial charge in [-0.1, -0.05) is 61.9 Å². The molecule has 2 aromatic rings. The summed E-state index contributed by atoms with van der Waals surface area (Å²) in [6, 6.07) is 16.1. The van der Waals surface area contributed by atoms with Crippen molar-refractivity contribution in [2.45, 2.75) is 89.8 Å². The van der Waals surface area contributed by atoms with Crippen LogP contribution in [0.2, 0.25) is 0 Å². The van der Waals surface area contributed by atoms with E-state index in [4.69, 9.17) is 18.9 Å². The molecule has 3 aliphatic heterocycles. The summed E-state index contributed by atoms with van der Waals surface area (Å²) in [5.41, 5.74) is 3.88. The van der Waals surface area contributed by atoms with Gasteiger partial charge in [0.25, 0.3) is 0 Å². The first-order chi connectivity index (χ1) is 21.8. The van der Waals surface area contributed by atoms with Crippen molar-refractivity contribution in [3.8, 4) is 0 Å². The van der Waals surface area contributed by atoms with E-state index in [1.54, 1.807) is 0 Å². The molecule has 2 amide bonds. The number of amides is 2. The first kappa shape index (κ1) is 33.5. The van der Waals surface area contributed by atoms with Crippen LogP contribution in [0.3, 0.4) is 0 Å². The number of benzene rings is 2. The molecule has 3 saturated heterocycles. The molecule has 3 aliphatic rings. The number of ether oxygens (including phenoxy) is 4. The predicted molar refractivity (Wildman–Crippen MR) is 169 cm³/mol. The third-order valence-electron chi connectivity index (χ3n) is 9.19. The number of rotatable bonds is 13. The van der Waals surface area contributed by atoms with Gasteiger partial charge in [0.2, 0.25) is 11.8 Å². The van der Waals surface area contributed by atoms with Crippen molar-refractivity contribution in [1.82, 2.24) is 15.5 Å². The van der Waals surface area contributed by atoms with Crippen LogP contribution < -0.4 is 10.6 Å². The lowest BCUT2D eigenvalue weighted by Crippen LogP contribution is -2.50. The monoisotopic (exact) mass is 623 g/mol. The SMILES string of the molecule is CC(=O)NCCCCCC(=O)NCc1ccc([C@H]2O[C@@H](CN3CCC4(CC3)OCCO4)[C@@H](C)[C@@H](c3ccc(CO)cc3)O2)cc1. The fraction of sp³-hybridized carbons (Fsp3) is 0.600. The Balaban J connectivity index is 1.18. The second-order valence-electron chi connectivity index (χ2n) is 12.5. The van der Waals surface area contributed by atoms with E-state index in [1.807, 2.05) is 48.5 Å². The lowest BCUT2D eigenvalue weighted by Gasteiger charge is -2.44. The first-order valence-electron chi connectivity index (χ1n) is 16.4. The highest BCUT2D eigenvalue weighted by Crippen LogP contribution is 2.42. The second-order valence-corrected chi connectivity index (χ2v) is 12.5. The summed E-state index contributed by atoms with van der Waals surface area (Å²) < 4.78 is 25.2. The molecule has 0 unspecified atom stereocenters. The predicted octanol–water partition coefficient (Wildman–Crippen LogP) is 4.12. The molecule has 3 heterocycles. The van der Waals surface area contributed by atoms with Gasteiger partial charge in [0.05, 0.1) is 32.0 Å². The number of carbonyl (C=O) groups excluding carboxylic acids is 2. The van der Waals surface area contributed by atoms with Crippen molar-refractivity contribution in [3.63, 3.8) is 0 Å². The van der Waals surface area contributed by atoms with E-state index in [1.165, 1.54) is 6.92 Å². The van der Waals surface area contributed by atoms with Gasteiger partial charge in [0, 0.05) is 70.4 Å². The molecule has 246 valence electrons. The van der Waals surface area contributed by atoms with Crippen molar-refractivity contribution in [3.05, 3.63) is 70.8 Å². The van der Waals surface area contributed by atoms with Crippen LogP contribution in [0.4, 0.5) is 0 Å². The zero-order valence-corrected chi connectivity index (χ0v) is 26.7. The molecule has 0 bridgehead atoms. The van der Waals surface area contributed by atoms with Gasteiger partial charge in [-0.3, -0.25) is 9.59 Å². The Morgan fingerprint density at radius 2 is 1.56 bits per heavy atom. The molecule has 45 heavy (non-hydrogen) atoms. The van der Waals surface area contributed by atoms with Crippen LogP contribution in [0.25, 0.3) is 0 Å².